The molecule has 0 aromatic heterocycles. The first-order chi connectivity index (χ1) is 12.0. The highest BCUT2D eigenvalue weighted by Crippen LogP contribution is 2.39. The van der Waals surface area contributed by atoms with E-state index < -0.39 is 4.92 Å². The molecule has 0 atom stereocenters. The Hall–Kier alpha value is -3.61. The number of nitrogens with zero attached hydrogens (tertiary/aromatic N) is 3. The molecule has 0 unspecified atom stereocenters. The summed E-state index contributed by atoms with van der Waals surface area (Å²) in [7, 11) is 0. The maximum absolute atomic E-state index is 11.2. The van der Waals surface area contributed by atoms with Crippen molar-refractivity contribution >= 4 is 34.1 Å². The quantitative estimate of drug-likeness (QED) is 0.314. The van der Waals surface area contributed by atoms with E-state index in [1.807, 2.05) is 0 Å². The number of aromatic hydroxyl groups is 1. The number of carbonyl (C=O) groups is 1. The van der Waals surface area contributed by atoms with Crippen LogP contribution >= 0.6 is 0 Å². The Bertz CT molecular complexity index is 1030. The van der Waals surface area contributed by atoms with E-state index in [9.17, 15) is 20.0 Å². The molecule has 0 radical (unpaired) electrons. The minimum absolute atomic E-state index is 0.100. The van der Waals surface area contributed by atoms with E-state index in [1.54, 1.807) is 43.3 Å². The third kappa shape index (κ3) is 3.07. The van der Waals surface area contributed by atoms with Crippen molar-refractivity contribution in [1.29, 1.82) is 0 Å². The van der Waals surface area contributed by atoms with E-state index >= 15 is 0 Å². The van der Waals surface area contributed by atoms with Crippen LogP contribution in [0.25, 0.3) is 10.8 Å². The lowest BCUT2D eigenvalue weighted by molar-refractivity contribution is -0.384. The lowest BCUT2D eigenvalue weighted by atomic mass is 10.0. The third-order valence-corrected chi connectivity index (χ3v) is 3.81. The van der Waals surface area contributed by atoms with Crippen molar-refractivity contribution in [2.45, 2.75) is 6.92 Å². The van der Waals surface area contributed by atoms with E-state index in [1.165, 1.54) is 12.1 Å². The molecular formula is C18H13N3O4. The van der Waals surface area contributed by atoms with Gasteiger partial charge < -0.3 is 5.11 Å². The van der Waals surface area contributed by atoms with Gasteiger partial charge in [0.1, 0.15) is 5.69 Å². The summed E-state index contributed by atoms with van der Waals surface area (Å²) >= 11 is 0. The van der Waals surface area contributed by atoms with Crippen LogP contribution in [0, 0.1) is 17.0 Å². The number of azo groups is 1. The molecule has 0 aliphatic heterocycles. The fourth-order valence-electron chi connectivity index (χ4n) is 2.45. The van der Waals surface area contributed by atoms with Crippen LogP contribution in [0.4, 0.5) is 17.1 Å². The van der Waals surface area contributed by atoms with E-state index in [0.717, 1.165) is 5.39 Å². The lowest BCUT2D eigenvalue weighted by Gasteiger charge is -2.07. The van der Waals surface area contributed by atoms with Crippen molar-refractivity contribution in [2.24, 2.45) is 10.2 Å². The lowest BCUT2D eigenvalue weighted by Crippen LogP contribution is -1.87. The fourth-order valence-corrected chi connectivity index (χ4v) is 2.45. The van der Waals surface area contributed by atoms with Gasteiger partial charge >= 0.3 is 0 Å². The standard InChI is InChI=1S/C18H13N3O4/c1-11-6-7-14(21(24)25)9-16(11)19-20-17-15-5-3-2-4-12(15)8-13(10-22)18(17)23/h2-10,23H,1H3. The number of hydrogen-bond acceptors (Lipinski definition) is 6. The summed E-state index contributed by atoms with van der Waals surface area (Å²) in [5, 5.41) is 30.7. The molecule has 1 N–H and O–H groups in total. The summed E-state index contributed by atoms with van der Waals surface area (Å²) in [6, 6.07) is 13.0. The number of benzene rings is 3. The Balaban J connectivity index is 2.16. The number of carbonyl (C=O) groups excluding carboxylic acids is 1. The van der Waals surface area contributed by atoms with Gasteiger partial charge in [0.05, 0.1) is 16.2 Å². The summed E-state index contributed by atoms with van der Waals surface area (Å²) < 4.78 is 0. The SMILES string of the molecule is Cc1ccc([N+](=O)[O-])cc1N=Nc1c(O)c(C=O)cc2ccccc12. The molecule has 0 spiro atoms. The van der Waals surface area contributed by atoms with Crippen LogP contribution in [0.15, 0.2) is 58.8 Å². The predicted molar refractivity (Wildman–Crippen MR) is 93.0 cm³/mol. The van der Waals surface area contributed by atoms with Crippen LogP contribution < -0.4 is 0 Å². The molecule has 7 nitrogen and oxygen atoms in total. The molecule has 0 bridgehead atoms. The first-order valence-corrected chi connectivity index (χ1v) is 7.38. The Labute approximate surface area is 142 Å². The number of rotatable bonds is 4. The third-order valence-electron chi connectivity index (χ3n) is 3.81. The van der Waals surface area contributed by atoms with E-state index in [4.69, 9.17) is 0 Å². The second-order valence-electron chi connectivity index (χ2n) is 5.43. The summed E-state index contributed by atoms with van der Waals surface area (Å²) in [5.74, 6) is -0.277. The Morgan fingerprint density at radius 2 is 1.88 bits per heavy atom. The molecule has 0 amide bonds. The van der Waals surface area contributed by atoms with Crippen molar-refractivity contribution in [1.82, 2.24) is 0 Å². The molecule has 0 heterocycles. The van der Waals surface area contributed by atoms with E-state index in [0.29, 0.717) is 22.9 Å². The van der Waals surface area contributed by atoms with Gasteiger partial charge in [-0.15, -0.1) is 10.2 Å². The van der Waals surface area contributed by atoms with E-state index in [2.05, 4.69) is 10.2 Å². The van der Waals surface area contributed by atoms with Crippen molar-refractivity contribution in [2.75, 3.05) is 0 Å². The van der Waals surface area contributed by atoms with Crippen molar-refractivity contribution in [3.05, 3.63) is 69.8 Å². The number of fused-ring (bicyclic) bond motifs is 1. The number of aldehydes is 1. The molecule has 3 aromatic carbocycles. The topological polar surface area (TPSA) is 105 Å². The molecule has 0 aliphatic rings. The number of non-ortho nitro benzene ring substituents is 1. The summed E-state index contributed by atoms with van der Waals surface area (Å²) in [6.07, 6.45) is 0.541. The first kappa shape index (κ1) is 16.3. The molecule has 0 fully saturated rings. The highest BCUT2D eigenvalue weighted by Gasteiger charge is 2.13. The van der Waals surface area contributed by atoms with Gasteiger partial charge in [0.15, 0.2) is 12.0 Å². The van der Waals surface area contributed by atoms with Crippen LogP contribution in [0.5, 0.6) is 5.75 Å². The van der Waals surface area contributed by atoms with Gasteiger partial charge in [0.25, 0.3) is 5.69 Å². The second kappa shape index (κ2) is 6.48. The molecule has 0 saturated heterocycles. The molecule has 7 heteroatoms. The smallest absolute Gasteiger partial charge is 0.271 e. The molecule has 3 rings (SSSR count). The molecule has 0 aliphatic carbocycles. The van der Waals surface area contributed by atoms with Crippen molar-refractivity contribution in [3.63, 3.8) is 0 Å². The Kier molecular flexibility index (Phi) is 4.21. The number of aryl methyl sites for hydroxylation is 1. The molecular weight excluding hydrogens is 322 g/mol. The molecule has 25 heavy (non-hydrogen) atoms. The van der Waals surface area contributed by atoms with Gasteiger partial charge in [0, 0.05) is 17.5 Å². The zero-order valence-corrected chi connectivity index (χ0v) is 13.2. The van der Waals surface area contributed by atoms with Gasteiger partial charge in [0.2, 0.25) is 0 Å². The second-order valence-corrected chi connectivity index (χ2v) is 5.43. The van der Waals surface area contributed by atoms with Crippen molar-refractivity contribution < 1.29 is 14.8 Å². The van der Waals surface area contributed by atoms with E-state index in [-0.39, 0.29) is 22.7 Å². The van der Waals surface area contributed by atoms with Gasteiger partial charge in [-0.2, -0.15) is 0 Å². The number of phenols is 1. The highest BCUT2D eigenvalue weighted by molar-refractivity contribution is 6.01. The zero-order chi connectivity index (χ0) is 18.0. The van der Waals surface area contributed by atoms with Crippen molar-refractivity contribution in [3.8, 4) is 5.75 Å². The summed E-state index contributed by atoms with van der Waals surface area (Å²) in [4.78, 5) is 21.6. The van der Waals surface area contributed by atoms with Crippen LogP contribution in [0.2, 0.25) is 0 Å². The molecule has 124 valence electrons. The average Bonchev–Trinajstić information content (AvgIpc) is 2.61. The number of nitro groups is 1. The Morgan fingerprint density at radius 1 is 1.12 bits per heavy atom. The maximum Gasteiger partial charge on any atom is 0.271 e. The van der Waals surface area contributed by atoms with Crippen LogP contribution in [-0.4, -0.2) is 16.3 Å². The molecule has 3 aromatic rings. The van der Waals surface area contributed by atoms with Crippen LogP contribution in [0.1, 0.15) is 15.9 Å². The highest BCUT2D eigenvalue weighted by atomic mass is 16.6. The normalized spacial score (nSPS) is 11.1. The van der Waals surface area contributed by atoms with Gasteiger partial charge in [-0.05, 0) is 23.9 Å². The predicted octanol–water partition coefficient (Wildman–Crippen LogP) is 4.99. The number of phenolic OH excluding ortho intramolecular Hbond substituents is 1. The van der Waals surface area contributed by atoms with Crippen LogP contribution in [-0.2, 0) is 0 Å². The largest absolute Gasteiger partial charge is 0.505 e. The minimum Gasteiger partial charge on any atom is -0.505 e. The Morgan fingerprint density at radius 3 is 2.60 bits per heavy atom. The monoisotopic (exact) mass is 335 g/mol. The minimum atomic E-state index is -0.516. The van der Waals surface area contributed by atoms with Gasteiger partial charge in [-0.3, -0.25) is 14.9 Å². The maximum atomic E-state index is 11.2. The first-order valence-electron chi connectivity index (χ1n) is 7.38. The molecule has 0 saturated carbocycles. The number of hydrogen-bond donors (Lipinski definition) is 1. The summed E-state index contributed by atoms with van der Waals surface area (Å²) in [6.45, 7) is 1.75. The van der Waals surface area contributed by atoms with Crippen LogP contribution in [0.3, 0.4) is 0 Å². The average molecular weight is 335 g/mol. The number of nitro benzene ring substituents is 1. The fraction of sp³-hybridized carbons (Fsp3) is 0.0556. The van der Waals surface area contributed by atoms with Gasteiger partial charge in [-0.25, -0.2) is 0 Å². The zero-order valence-electron chi connectivity index (χ0n) is 13.2. The summed E-state index contributed by atoms with van der Waals surface area (Å²) in [5.41, 5.74) is 1.16. The van der Waals surface area contributed by atoms with Gasteiger partial charge in [-0.1, -0.05) is 30.3 Å².